The number of amides is 1. The molecule has 0 radical (unpaired) electrons. The Balaban J connectivity index is 1.33. The average molecular weight is 424 g/mol. The van der Waals surface area contributed by atoms with E-state index >= 15 is 0 Å². The summed E-state index contributed by atoms with van der Waals surface area (Å²) in [5.41, 5.74) is 3.76. The van der Waals surface area contributed by atoms with Gasteiger partial charge < -0.3 is 20.5 Å². The molecule has 2 heterocycles. The van der Waals surface area contributed by atoms with Crippen LogP contribution in [0, 0.1) is 12.8 Å². The highest BCUT2D eigenvalue weighted by Gasteiger charge is 2.31. The topological polar surface area (TPSA) is 72.5 Å². The van der Waals surface area contributed by atoms with E-state index in [1.165, 1.54) is 41.4 Å². The van der Waals surface area contributed by atoms with Gasteiger partial charge in [0.1, 0.15) is 0 Å². The lowest BCUT2D eigenvalue weighted by Gasteiger charge is -2.26. The van der Waals surface area contributed by atoms with E-state index in [9.17, 15) is 4.79 Å². The van der Waals surface area contributed by atoms with E-state index in [-0.39, 0.29) is 12.0 Å². The van der Waals surface area contributed by atoms with Crippen LogP contribution in [0.25, 0.3) is 10.9 Å². The van der Waals surface area contributed by atoms with E-state index in [0.29, 0.717) is 5.91 Å². The number of para-hydroxylation sites is 1. The number of hydrogen-bond donors (Lipinski definition) is 3. The van der Waals surface area contributed by atoms with Crippen molar-refractivity contribution < 1.29 is 4.79 Å². The number of aryl methyl sites for hydroxylation is 1. The van der Waals surface area contributed by atoms with Gasteiger partial charge in [-0.3, -0.25) is 9.79 Å². The van der Waals surface area contributed by atoms with Crippen molar-refractivity contribution in [2.45, 2.75) is 64.8 Å². The van der Waals surface area contributed by atoms with E-state index < -0.39 is 0 Å². The molecule has 1 saturated heterocycles. The zero-order valence-corrected chi connectivity index (χ0v) is 19.0. The number of carbonyl (C=O) groups excluding carboxylic acids is 1. The van der Waals surface area contributed by atoms with Crippen LogP contribution in [0.5, 0.6) is 0 Å². The summed E-state index contributed by atoms with van der Waals surface area (Å²) in [6, 6.07) is 8.74. The number of guanidine groups is 1. The van der Waals surface area contributed by atoms with Crippen molar-refractivity contribution in [3.8, 4) is 0 Å². The third-order valence-corrected chi connectivity index (χ3v) is 6.80. The molecule has 1 aromatic heterocycles. The predicted molar refractivity (Wildman–Crippen MR) is 127 cm³/mol. The third-order valence-electron chi connectivity index (χ3n) is 6.80. The van der Waals surface area contributed by atoms with Gasteiger partial charge in [0.25, 0.3) is 0 Å². The molecule has 0 bridgehead atoms. The van der Waals surface area contributed by atoms with E-state index in [1.54, 1.807) is 0 Å². The lowest BCUT2D eigenvalue weighted by molar-refractivity contribution is -0.135. The fourth-order valence-corrected chi connectivity index (χ4v) is 5.14. The maximum atomic E-state index is 12.8. The Hall–Kier alpha value is -2.50. The quantitative estimate of drug-likeness (QED) is 0.489. The second-order valence-corrected chi connectivity index (χ2v) is 9.03. The molecule has 2 fully saturated rings. The highest BCUT2D eigenvalue weighted by atomic mass is 16.2. The van der Waals surface area contributed by atoms with Crippen LogP contribution in [0.2, 0.25) is 0 Å². The standard InChI is InChI=1S/C25H37N5O/c1-3-26-25(27-15-13-21-18(2)28-23-12-8-7-11-22(21)23)29-20-14-16-30(17-20)24(31)19-9-5-4-6-10-19/h7-8,11-12,19-20,28H,3-6,9-10,13-17H2,1-2H3,(H2,26,27,29). The molecule has 2 aromatic rings. The lowest BCUT2D eigenvalue weighted by Crippen LogP contribution is -2.45. The summed E-state index contributed by atoms with van der Waals surface area (Å²) in [6.45, 7) is 7.45. The minimum atomic E-state index is 0.258. The normalized spacial score (nSPS) is 20.4. The van der Waals surface area contributed by atoms with Crippen molar-refractivity contribution >= 4 is 22.8 Å². The molecule has 168 valence electrons. The minimum Gasteiger partial charge on any atom is -0.358 e. The Bertz CT molecular complexity index is 912. The molecular weight excluding hydrogens is 386 g/mol. The van der Waals surface area contributed by atoms with Crippen molar-refractivity contribution in [2.75, 3.05) is 26.2 Å². The second-order valence-electron chi connectivity index (χ2n) is 9.03. The van der Waals surface area contributed by atoms with Crippen LogP contribution >= 0.6 is 0 Å². The Morgan fingerprint density at radius 2 is 2.00 bits per heavy atom. The molecule has 6 nitrogen and oxygen atoms in total. The van der Waals surface area contributed by atoms with Gasteiger partial charge in [-0.25, -0.2) is 0 Å². The van der Waals surface area contributed by atoms with Crippen LogP contribution in [0.15, 0.2) is 29.3 Å². The number of aromatic nitrogens is 1. The summed E-state index contributed by atoms with van der Waals surface area (Å²) in [4.78, 5) is 23.2. The summed E-state index contributed by atoms with van der Waals surface area (Å²) >= 11 is 0. The highest BCUT2D eigenvalue weighted by Crippen LogP contribution is 2.27. The lowest BCUT2D eigenvalue weighted by atomic mass is 9.88. The van der Waals surface area contributed by atoms with Crippen molar-refractivity contribution in [1.29, 1.82) is 0 Å². The summed E-state index contributed by atoms with van der Waals surface area (Å²) < 4.78 is 0. The Morgan fingerprint density at radius 1 is 1.19 bits per heavy atom. The SMILES string of the molecule is CCNC(=NCCc1c(C)[nH]c2ccccc12)NC1CCN(C(=O)C2CCCCC2)C1. The first-order valence-corrected chi connectivity index (χ1v) is 12.1. The van der Waals surface area contributed by atoms with Gasteiger partial charge in [0.2, 0.25) is 5.91 Å². The number of H-pyrrole nitrogens is 1. The van der Waals surface area contributed by atoms with Gasteiger partial charge in [-0.1, -0.05) is 37.5 Å². The van der Waals surface area contributed by atoms with Crippen LogP contribution < -0.4 is 10.6 Å². The molecule has 6 heteroatoms. The van der Waals surface area contributed by atoms with E-state index in [0.717, 1.165) is 57.8 Å². The van der Waals surface area contributed by atoms with Crippen LogP contribution in [0.4, 0.5) is 0 Å². The van der Waals surface area contributed by atoms with E-state index in [1.807, 2.05) is 0 Å². The molecule has 31 heavy (non-hydrogen) atoms. The summed E-state index contributed by atoms with van der Waals surface area (Å²) in [5.74, 6) is 1.49. The number of hydrogen-bond acceptors (Lipinski definition) is 2. The number of nitrogens with zero attached hydrogens (tertiary/aromatic N) is 2. The van der Waals surface area contributed by atoms with Crippen LogP contribution in [0.3, 0.4) is 0 Å². The number of aromatic amines is 1. The number of benzene rings is 1. The van der Waals surface area contributed by atoms with Crippen molar-refractivity contribution in [3.63, 3.8) is 0 Å². The molecule has 0 spiro atoms. The molecular formula is C25H37N5O. The van der Waals surface area contributed by atoms with Crippen molar-refractivity contribution in [3.05, 3.63) is 35.5 Å². The average Bonchev–Trinajstić information content (AvgIpc) is 3.38. The molecule has 1 unspecified atom stereocenters. The summed E-state index contributed by atoms with van der Waals surface area (Å²) in [6.07, 6.45) is 7.75. The van der Waals surface area contributed by atoms with Crippen molar-refractivity contribution in [2.24, 2.45) is 10.9 Å². The van der Waals surface area contributed by atoms with Crippen molar-refractivity contribution in [1.82, 2.24) is 20.5 Å². The van der Waals surface area contributed by atoms with Gasteiger partial charge in [0.15, 0.2) is 5.96 Å². The number of nitrogens with one attached hydrogen (secondary N) is 3. The van der Waals surface area contributed by atoms with Crippen LogP contribution in [-0.4, -0.2) is 54.0 Å². The summed E-state index contributed by atoms with van der Waals surface area (Å²) in [5, 5.41) is 8.24. The zero-order valence-electron chi connectivity index (χ0n) is 19.0. The maximum Gasteiger partial charge on any atom is 0.225 e. The molecule has 1 aliphatic carbocycles. The fourth-order valence-electron chi connectivity index (χ4n) is 5.14. The number of likely N-dealkylation sites (tertiary alicyclic amines) is 1. The first kappa shape index (κ1) is 21.7. The molecule has 3 N–H and O–H groups in total. The van der Waals surface area contributed by atoms with Crippen LogP contribution in [-0.2, 0) is 11.2 Å². The largest absolute Gasteiger partial charge is 0.358 e. The van der Waals surface area contributed by atoms with Gasteiger partial charge in [-0.15, -0.1) is 0 Å². The Kier molecular flexibility index (Phi) is 7.15. The van der Waals surface area contributed by atoms with Gasteiger partial charge in [-0.05, 0) is 51.2 Å². The number of aliphatic imine (C=N–C) groups is 1. The number of fused-ring (bicyclic) bond motifs is 1. The smallest absolute Gasteiger partial charge is 0.225 e. The molecule has 2 aliphatic rings. The van der Waals surface area contributed by atoms with Gasteiger partial charge in [-0.2, -0.15) is 0 Å². The first-order valence-electron chi connectivity index (χ1n) is 12.1. The van der Waals surface area contributed by atoms with E-state index in [2.05, 4.69) is 58.6 Å². The second kappa shape index (κ2) is 10.2. The molecule has 1 saturated carbocycles. The van der Waals surface area contributed by atoms with Gasteiger partial charge in [0.05, 0.1) is 0 Å². The number of carbonyl (C=O) groups is 1. The molecule has 1 atom stereocenters. The Labute approximate surface area is 185 Å². The molecule has 1 aromatic carbocycles. The van der Waals surface area contributed by atoms with Crippen LogP contribution in [0.1, 0.15) is 56.7 Å². The zero-order chi connectivity index (χ0) is 21.6. The predicted octanol–water partition coefficient (Wildman–Crippen LogP) is 3.76. The molecule has 1 amide bonds. The first-order chi connectivity index (χ1) is 15.2. The molecule has 4 rings (SSSR count). The number of rotatable bonds is 6. The minimum absolute atomic E-state index is 0.258. The maximum absolute atomic E-state index is 12.8. The van der Waals surface area contributed by atoms with Gasteiger partial charge >= 0.3 is 0 Å². The highest BCUT2D eigenvalue weighted by molar-refractivity contribution is 5.85. The molecule has 1 aliphatic heterocycles. The van der Waals surface area contributed by atoms with Gasteiger partial charge in [0, 0.05) is 54.7 Å². The summed E-state index contributed by atoms with van der Waals surface area (Å²) in [7, 11) is 0. The monoisotopic (exact) mass is 423 g/mol. The third kappa shape index (κ3) is 5.23. The fraction of sp³-hybridized carbons (Fsp3) is 0.600. The van der Waals surface area contributed by atoms with E-state index in [4.69, 9.17) is 4.99 Å². The Morgan fingerprint density at radius 3 is 2.81 bits per heavy atom.